The molecular formula is C11H15N3O. The van der Waals surface area contributed by atoms with Gasteiger partial charge >= 0.3 is 0 Å². The smallest absolute Gasteiger partial charge is 0.225 e. The highest BCUT2D eigenvalue weighted by molar-refractivity contribution is 5.73. The summed E-state index contributed by atoms with van der Waals surface area (Å²) < 4.78 is 0. The van der Waals surface area contributed by atoms with Crippen molar-refractivity contribution >= 4 is 12.2 Å². The average molecular weight is 205 g/mol. The summed E-state index contributed by atoms with van der Waals surface area (Å²) in [5.74, 6) is 0.728. The van der Waals surface area contributed by atoms with Crippen LogP contribution in [0.5, 0.6) is 0 Å². The topological polar surface area (TPSA) is 46.1 Å². The van der Waals surface area contributed by atoms with Gasteiger partial charge < -0.3 is 4.90 Å². The Morgan fingerprint density at radius 1 is 1.47 bits per heavy atom. The third-order valence-electron chi connectivity index (χ3n) is 3.08. The minimum absolute atomic E-state index is 0.409. The number of anilines is 1. The number of aldehydes is 1. The summed E-state index contributed by atoms with van der Waals surface area (Å²) in [4.78, 5) is 20.9. The Hall–Kier alpha value is -1.45. The van der Waals surface area contributed by atoms with Crippen LogP contribution >= 0.6 is 0 Å². The molecule has 4 nitrogen and oxygen atoms in total. The lowest BCUT2D eigenvalue weighted by Gasteiger charge is -2.47. The van der Waals surface area contributed by atoms with Gasteiger partial charge in [-0.1, -0.05) is 13.8 Å². The van der Waals surface area contributed by atoms with Crippen molar-refractivity contribution in [3.63, 3.8) is 0 Å². The van der Waals surface area contributed by atoms with Gasteiger partial charge in [-0.05, 0) is 6.42 Å². The standard InChI is InChI=1S/C11H15N3O/c1-3-11(2)7-14(8-11)10-12-4-9(6-15)5-13-10/h4-6H,3,7-8H2,1-2H3. The lowest BCUT2D eigenvalue weighted by molar-refractivity contribution is 0.112. The Labute approximate surface area is 89.3 Å². The highest BCUT2D eigenvalue weighted by Crippen LogP contribution is 2.34. The first-order chi connectivity index (χ1) is 7.17. The van der Waals surface area contributed by atoms with Crippen molar-refractivity contribution in [2.75, 3.05) is 18.0 Å². The third-order valence-corrected chi connectivity index (χ3v) is 3.08. The summed E-state index contributed by atoms with van der Waals surface area (Å²) >= 11 is 0. The van der Waals surface area contributed by atoms with E-state index in [0.29, 0.717) is 11.0 Å². The fourth-order valence-electron chi connectivity index (χ4n) is 1.80. The molecule has 1 aliphatic heterocycles. The van der Waals surface area contributed by atoms with E-state index < -0.39 is 0 Å². The molecule has 1 aromatic heterocycles. The number of carbonyl (C=O) groups excluding carboxylic acids is 1. The van der Waals surface area contributed by atoms with Crippen LogP contribution in [0.1, 0.15) is 30.6 Å². The number of nitrogens with zero attached hydrogens (tertiary/aromatic N) is 3. The molecule has 1 saturated heterocycles. The van der Waals surface area contributed by atoms with Gasteiger partial charge in [0.25, 0.3) is 0 Å². The van der Waals surface area contributed by atoms with Crippen LogP contribution in [0.25, 0.3) is 0 Å². The first-order valence-electron chi connectivity index (χ1n) is 5.19. The molecule has 0 unspecified atom stereocenters. The van der Waals surface area contributed by atoms with Gasteiger partial charge in [0, 0.05) is 30.9 Å². The van der Waals surface area contributed by atoms with Crippen molar-refractivity contribution in [2.45, 2.75) is 20.3 Å². The van der Waals surface area contributed by atoms with E-state index in [1.165, 1.54) is 6.42 Å². The molecule has 1 fully saturated rings. The van der Waals surface area contributed by atoms with Crippen LogP contribution in [0.15, 0.2) is 12.4 Å². The van der Waals surface area contributed by atoms with Crippen LogP contribution in [0.4, 0.5) is 5.95 Å². The van der Waals surface area contributed by atoms with Gasteiger partial charge in [-0.2, -0.15) is 0 Å². The molecule has 0 atom stereocenters. The SMILES string of the molecule is CCC1(C)CN(c2ncc(C=O)cn2)C1. The lowest BCUT2D eigenvalue weighted by atomic mass is 9.80. The van der Waals surface area contributed by atoms with Crippen molar-refractivity contribution < 1.29 is 4.79 Å². The maximum Gasteiger partial charge on any atom is 0.225 e. The molecule has 80 valence electrons. The Morgan fingerprint density at radius 2 is 2.07 bits per heavy atom. The lowest BCUT2D eigenvalue weighted by Crippen LogP contribution is -2.55. The molecule has 4 heteroatoms. The van der Waals surface area contributed by atoms with Crippen molar-refractivity contribution in [2.24, 2.45) is 5.41 Å². The van der Waals surface area contributed by atoms with Crippen LogP contribution in [0.3, 0.4) is 0 Å². The predicted molar refractivity (Wildman–Crippen MR) is 58.0 cm³/mol. The molecular weight excluding hydrogens is 190 g/mol. The molecule has 0 N–H and O–H groups in total. The highest BCUT2D eigenvalue weighted by atomic mass is 16.1. The number of rotatable bonds is 3. The van der Waals surface area contributed by atoms with E-state index in [9.17, 15) is 4.79 Å². The number of carbonyl (C=O) groups is 1. The zero-order valence-electron chi connectivity index (χ0n) is 9.10. The van der Waals surface area contributed by atoms with Crippen molar-refractivity contribution in [3.05, 3.63) is 18.0 Å². The normalized spacial score (nSPS) is 18.4. The summed E-state index contributed by atoms with van der Waals surface area (Å²) in [5.41, 5.74) is 0.935. The van der Waals surface area contributed by atoms with E-state index in [1.807, 2.05) is 0 Å². The number of aromatic nitrogens is 2. The summed E-state index contributed by atoms with van der Waals surface area (Å²) in [5, 5.41) is 0. The van der Waals surface area contributed by atoms with Gasteiger partial charge in [-0.3, -0.25) is 4.79 Å². The number of hydrogen-bond donors (Lipinski definition) is 0. The van der Waals surface area contributed by atoms with Crippen molar-refractivity contribution in [1.82, 2.24) is 9.97 Å². The zero-order valence-corrected chi connectivity index (χ0v) is 9.10. The molecule has 1 aliphatic rings. The van der Waals surface area contributed by atoms with E-state index in [-0.39, 0.29) is 0 Å². The maximum absolute atomic E-state index is 10.4. The Kier molecular flexibility index (Phi) is 2.42. The monoisotopic (exact) mass is 205 g/mol. The third kappa shape index (κ3) is 1.84. The molecule has 0 bridgehead atoms. The van der Waals surface area contributed by atoms with Gasteiger partial charge in [0.1, 0.15) is 0 Å². The summed E-state index contributed by atoms with van der Waals surface area (Å²) in [6.07, 6.45) is 5.07. The van der Waals surface area contributed by atoms with E-state index in [1.54, 1.807) is 12.4 Å². The molecule has 2 heterocycles. The average Bonchev–Trinajstić information content (AvgIpc) is 2.25. The molecule has 0 radical (unpaired) electrons. The summed E-state index contributed by atoms with van der Waals surface area (Å²) in [6.45, 7) is 6.48. The molecule has 0 saturated carbocycles. The highest BCUT2D eigenvalue weighted by Gasteiger charge is 2.38. The van der Waals surface area contributed by atoms with Crippen molar-refractivity contribution in [3.8, 4) is 0 Å². The van der Waals surface area contributed by atoms with Crippen LogP contribution in [-0.2, 0) is 0 Å². The second-order valence-corrected chi connectivity index (χ2v) is 4.45. The van der Waals surface area contributed by atoms with Gasteiger partial charge in [0.15, 0.2) is 6.29 Å². The first-order valence-corrected chi connectivity index (χ1v) is 5.19. The van der Waals surface area contributed by atoms with Gasteiger partial charge in [-0.15, -0.1) is 0 Å². The van der Waals surface area contributed by atoms with Crippen LogP contribution in [0.2, 0.25) is 0 Å². The molecule has 0 amide bonds. The maximum atomic E-state index is 10.4. The predicted octanol–water partition coefficient (Wildman–Crippen LogP) is 1.53. The van der Waals surface area contributed by atoms with Crippen LogP contribution in [0, 0.1) is 5.41 Å². The Bertz CT molecular complexity index is 355. The molecule has 15 heavy (non-hydrogen) atoms. The van der Waals surface area contributed by atoms with Gasteiger partial charge in [0.05, 0.1) is 5.56 Å². The van der Waals surface area contributed by atoms with E-state index in [0.717, 1.165) is 25.3 Å². The molecule has 0 aliphatic carbocycles. The Morgan fingerprint density at radius 3 is 2.53 bits per heavy atom. The summed E-state index contributed by atoms with van der Waals surface area (Å²) in [6, 6.07) is 0. The molecule has 0 spiro atoms. The fourth-order valence-corrected chi connectivity index (χ4v) is 1.80. The summed E-state index contributed by atoms with van der Waals surface area (Å²) in [7, 11) is 0. The first kappa shape index (κ1) is 10.1. The van der Waals surface area contributed by atoms with Crippen LogP contribution < -0.4 is 4.90 Å². The molecule has 0 aromatic carbocycles. The Balaban J connectivity index is 2.04. The second kappa shape index (κ2) is 3.61. The quantitative estimate of drug-likeness (QED) is 0.702. The minimum Gasteiger partial charge on any atom is -0.340 e. The van der Waals surface area contributed by atoms with Crippen LogP contribution in [-0.4, -0.2) is 29.3 Å². The largest absolute Gasteiger partial charge is 0.340 e. The fraction of sp³-hybridized carbons (Fsp3) is 0.545. The molecule has 2 rings (SSSR count). The van der Waals surface area contributed by atoms with Gasteiger partial charge in [-0.25, -0.2) is 9.97 Å². The van der Waals surface area contributed by atoms with E-state index >= 15 is 0 Å². The zero-order chi connectivity index (χ0) is 10.9. The van der Waals surface area contributed by atoms with Gasteiger partial charge in [0.2, 0.25) is 5.95 Å². The van der Waals surface area contributed by atoms with E-state index in [2.05, 4.69) is 28.7 Å². The minimum atomic E-state index is 0.409. The molecule has 1 aromatic rings. The number of hydrogen-bond acceptors (Lipinski definition) is 4. The van der Waals surface area contributed by atoms with E-state index in [4.69, 9.17) is 0 Å². The van der Waals surface area contributed by atoms with Crippen molar-refractivity contribution in [1.29, 1.82) is 0 Å². The second-order valence-electron chi connectivity index (χ2n) is 4.45.